The number of carbonyl (C=O) groups is 2. The van der Waals surface area contributed by atoms with Gasteiger partial charge in [-0.05, 0) is 24.6 Å². The predicted octanol–water partition coefficient (Wildman–Crippen LogP) is 1.96. The van der Waals surface area contributed by atoms with Crippen LogP contribution in [0.2, 0.25) is 0 Å². The summed E-state index contributed by atoms with van der Waals surface area (Å²) in [6.07, 6.45) is -0.235. The zero-order valence-corrected chi connectivity index (χ0v) is 10.7. The number of benzene rings is 1. The second-order valence-electron chi connectivity index (χ2n) is 3.93. The van der Waals surface area contributed by atoms with Gasteiger partial charge in [0.25, 0.3) is 0 Å². The number of rotatable bonds is 2. The maximum absolute atomic E-state index is 11.7. The molecule has 1 atom stereocenters. The fourth-order valence-corrected chi connectivity index (χ4v) is 2.38. The van der Waals surface area contributed by atoms with Crippen molar-refractivity contribution in [1.82, 2.24) is 0 Å². The van der Waals surface area contributed by atoms with Gasteiger partial charge in [-0.3, -0.25) is 9.59 Å². The maximum atomic E-state index is 11.7. The molecule has 1 aliphatic heterocycles. The highest BCUT2D eigenvalue weighted by Gasteiger charge is 2.28. The van der Waals surface area contributed by atoms with Crippen molar-refractivity contribution >= 4 is 39.2 Å². The highest BCUT2D eigenvalue weighted by Crippen LogP contribution is 2.33. The maximum Gasteiger partial charge on any atom is 0.305 e. The first-order chi connectivity index (χ1) is 7.97. The average Bonchev–Trinajstić information content (AvgIpc) is 2.19. The molecule has 0 aromatic heterocycles. The summed E-state index contributed by atoms with van der Waals surface area (Å²) in [5.41, 5.74) is 2.40. The zero-order valence-electron chi connectivity index (χ0n) is 9.08. The number of aryl methyl sites for hydroxylation is 1. The highest BCUT2D eigenvalue weighted by molar-refractivity contribution is 9.10. The first kappa shape index (κ1) is 11.9. The van der Waals surface area contributed by atoms with Gasteiger partial charge in [0, 0.05) is 4.47 Å². The second-order valence-corrected chi connectivity index (χ2v) is 4.84. The van der Waals surface area contributed by atoms with Crippen molar-refractivity contribution in [2.24, 2.45) is 0 Å². The largest absolute Gasteiger partial charge is 0.481 e. The van der Waals surface area contributed by atoms with Crippen LogP contribution >= 0.6 is 15.9 Å². The molecule has 0 spiro atoms. The Labute approximate surface area is 106 Å². The van der Waals surface area contributed by atoms with Crippen LogP contribution in [0, 0.1) is 6.92 Å². The molecule has 0 bridgehead atoms. The summed E-state index contributed by atoms with van der Waals surface area (Å²) in [6.45, 7) is 1.89. The fraction of sp³-hybridized carbons (Fsp3) is 0.273. The van der Waals surface area contributed by atoms with E-state index in [9.17, 15) is 9.59 Å². The molecule has 0 saturated carbocycles. The molecular formula is C11H11BrN2O3. The molecule has 0 fully saturated rings. The van der Waals surface area contributed by atoms with Crippen LogP contribution in [0.4, 0.5) is 11.4 Å². The van der Waals surface area contributed by atoms with E-state index in [2.05, 4.69) is 26.6 Å². The van der Waals surface area contributed by atoms with E-state index in [1.165, 1.54) is 0 Å². The quantitative estimate of drug-likeness (QED) is 0.780. The average molecular weight is 299 g/mol. The second kappa shape index (κ2) is 4.37. The van der Waals surface area contributed by atoms with Crippen LogP contribution in [0.1, 0.15) is 12.0 Å². The smallest absolute Gasteiger partial charge is 0.305 e. The van der Waals surface area contributed by atoms with E-state index < -0.39 is 12.0 Å². The molecule has 6 heteroatoms. The first-order valence-corrected chi connectivity index (χ1v) is 5.86. The minimum atomic E-state index is -1.00. The monoisotopic (exact) mass is 298 g/mol. The lowest BCUT2D eigenvalue weighted by molar-refractivity contribution is -0.138. The Balaban J connectivity index is 2.34. The number of amides is 1. The van der Waals surface area contributed by atoms with Crippen molar-refractivity contribution < 1.29 is 14.7 Å². The molecule has 0 saturated heterocycles. The topological polar surface area (TPSA) is 78.4 Å². The number of anilines is 2. The number of fused-ring (bicyclic) bond motifs is 1. The molecule has 1 amide bonds. The minimum absolute atomic E-state index is 0.235. The van der Waals surface area contributed by atoms with Crippen LogP contribution in [0.15, 0.2) is 16.6 Å². The van der Waals surface area contributed by atoms with E-state index in [4.69, 9.17) is 5.11 Å². The normalized spacial score (nSPS) is 18.0. The van der Waals surface area contributed by atoms with E-state index in [-0.39, 0.29) is 12.3 Å². The Morgan fingerprint density at radius 3 is 2.88 bits per heavy atom. The molecule has 1 unspecified atom stereocenters. The van der Waals surface area contributed by atoms with Crippen molar-refractivity contribution in [2.45, 2.75) is 19.4 Å². The van der Waals surface area contributed by atoms with Crippen LogP contribution in [-0.2, 0) is 9.59 Å². The van der Waals surface area contributed by atoms with Gasteiger partial charge in [0.15, 0.2) is 0 Å². The molecule has 1 aliphatic rings. The van der Waals surface area contributed by atoms with Gasteiger partial charge in [0.05, 0.1) is 17.8 Å². The van der Waals surface area contributed by atoms with Crippen molar-refractivity contribution in [3.63, 3.8) is 0 Å². The number of carboxylic acid groups (broad SMARTS) is 1. The van der Waals surface area contributed by atoms with Gasteiger partial charge in [0.2, 0.25) is 5.91 Å². The Morgan fingerprint density at radius 1 is 1.53 bits per heavy atom. The third-order valence-corrected chi connectivity index (χ3v) is 3.03. The van der Waals surface area contributed by atoms with Crippen LogP contribution in [0.25, 0.3) is 0 Å². The zero-order chi connectivity index (χ0) is 12.6. The molecule has 5 nitrogen and oxygen atoms in total. The lowest BCUT2D eigenvalue weighted by Crippen LogP contribution is -2.40. The number of nitrogens with one attached hydrogen (secondary N) is 2. The van der Waals surface area contributed by atoms with Crippen molar-refractivity contribution in [3.8, 4) is 0 Å². The summed E-state index contributed by atoms with van der Waals surface area (Å²) >= 11 is 3.34. The van der Waals surface area contributed by atoms with E-state index in [1.807, 2.05) is 13.0 Å². The number of aliphatic carboxylic acids is 1. The summed E-state index contributed by atoms with van der Waals surface area (Å²) in [7, 11) is 0. The number of hydrogen-bond donors (Lipinski definition) is 3. The highest BCUT2D eigenvalue weighted by atomic mass is 79.9. The summed E-state index contributed by atoms with van der Waals surface area (Å²) in [6, 6.07) is 2.96. The minimum Gasteiger partial charge on any atom is -0.481 e. The molecule has 1 heterocycles. The molecule has 2 rings (SSSR count). The Hall–Kier alpha value is -1.56. The van der Waals surface area contributed by atoms with Crippen molar-refractivity contribution in [1.29, 1.82) is 0 Å². The van der Waals surface area contributed by atoms with Crippen LogP contribution in [-0.4, -0.2) is 23.0 Å². The molecule has 1 aromatic carbocycles. The lowest BCUT2D eigenvalue weighted by atomic mass is 10.1. The molecule has 0 radical (unpaired) electrons. The summed E-state index contributed by atoms with van der Waals surface area (Å²) in [4.78, 5) is 22.3. The van der Waals surface area contributed by atoms with Gasteiger partial charge in [0.1, 0.15) is 6.04 Å². The van der Waals surface area contributed by atoms with Gasteiger partial charge in [-0.15, -0.1) is 0 Å². The van der Waals surface area contributed by atoms with Gasteiger partial charge in [-0.2, -0.15) is 0 Å². The van der Waals surface area contributed by atoms with Crippen LogP contribution in [0.3, 0.4) is 0 Å². The molecule has 0 aliphatic carbocycles. The van der Waals surface area contributed by atoms with E-state index >= 15 is 0 Å². The number of carboxylic acids is 1. The number of hydrogen-bond acceptors (Lipinski definition) is 3. The van der Waals surface area contributed by atoms with E-state index in [1.54, 1.807) is 6.07 Å². The first-order valence-electron chi connectivity index (χ1n) is 5.06. The Morgan fingerprint density at radius 2 is 2.24 bits per heavy atom. The SMILES string of the molecule is Cc1cc(Br)cc2c1NC(CC(=O)O)C(=O)N2. The predicted molar refractivity (Wildman–Crippen MR) is 67.2 cm³/mol. The Bertz CT molecular complexity index is 502. The molecule has 1 aromatic rings. The van der Waals surface area contributed by atoms with Gasteiger partial charge < -0.3 is 15.7 Å². The third-order valence-electron chi connectivity index (χ3n) is 2.57. The lowest BCUT2D eigenvalue weighted by Gasteiger charge is -2.27. The summed E-state index contributed by atoms with van der Waals surface area (Å²) < 4.78 is 0.868. The molecular weight excluding hydrogens is 288 g/mol. The Kier molecular flexibility index (Phi) is 3.06. The molecule has 17 heavy (non-hydrogen) atoms. The van der Waals surface area contributed by atoms with Crippen LogP contribution < -0.4 is 10.6 Å². The number of carbonyl (C=O) groups excluding carboxylic acids is 1. The van der Waals surface area contributed by atoms with Crippen molar-refractivity contribution in [3.05, 3.63) is 22.2 Å². The molecule has 90 valence electrons. The van der Waals surface area contributed by atoms with Gasteiger partial charge in [-0.25, -0.2) is 0 Å². The van der Waals surface area contributed by atoms with Gasteiger partial charge >= 0.3 is 5.97 Å². The summed E-state index contributed by atoms with van der Waals surface area (Å²) in [5.74, 6) is -1.33. The standard InChI is InChI=1S/C11H11BrN2O3/c1-5-2-6(12)3-7-10(5)13-8(4-9(15)16)11(17)14-7/h2-3,8,13H,4H2,1H3,(H,14,17)(H,15,16). The summed E-state index contributed by atoms with van der Waals surface area (Å²) in [5, 5.41) is 14.4. The third kappa shape index (κ3) is 2.41. The number of halogens is 1. The van der Waals surface area contributed by atoms with Crippen molar-refractivity contribution in [2.75, 3.05) is 10.6 Å². The van der Waals surface area contributed by atoms with Gasteiger partial charge in [-0.1, -0.05) is 15.9 Å². The fourth-order valence-electron chi connectivity index (χ4n) is 1.81. The van der Waals surface area contributed by atoms with E-state index in [0.717, 1.165) is 15.7 Å². The van der Waals surface area contributed by atoms with Crippen LogP contribution in [0.5, 0.6) is 0 Å². The molecule has 3 N–H and O–H groups in total. The van der Waals surface area contributed by atoms with E-state index in [0.29, 0.717) is 5.69 Å².